The van der Waals surface area contributed by atoms with E-state index in [-0.39, 0.29) is 41.1 Å². The first-order valence-corrected chi connectivity index (χ1v) is 26.0. The van der Waals surface area contributed by atoms with Gasteiger partial charge in [0.05, 0.1) is 0 Å². The Bertz CT molecular complexity index is 2120. The summed E-state index contributed by atoms with van der Waals surface area (Å²) < 4.78 is 13.2. The van der Waals surface area contributed by atoms with E-state index in [2.05, 4.69) is 148 Å². The predicted octanol–water partition coefficient (Wildman–Crippen LogP) is 12.9. The number of aryl methyl sites for hydroxylation is 1. The molecule has 0 aliphatic heterocycles. The predicted molar refractivity (Wildman–Crippen MR) is 219 cm³/mol. The van der Waals surface area contributed by atoms with Crippen LogP contribution in [-0.2, 0) is 35.5 Å². The van der Waals surface area contributed by atoms with E-state index >= 15 is 0 Å². The number of halogens is 2. The molecular formula is C46H58Cl2Zr. The molecule has 0 bridgehead atoms. The molecule has 1 atom stereocenters. The van der Waals surface area contributed by atoms with Crippen molar-refractivity contribution in [2.24, 2.45) is 11.3 Å². The molecule has 0 nitrogen and oxygen atoms in total. The Morgan fingerprint density at radius 3 is 1.92 bits per heavy atom. The number of hydrogen-bond donors (Lipinski definition) is 0. The van der Waals surface area contributed by atoms with Gasteiger partial charge in [-0.25, -0.2) is 0 Å². The average molecular weight is 773 g/mol. The molecule has 3 aromatic carbocycles. The van der Waals surface area contributed by atoms with Crippen molar-refractivity contribution in [1.82, 2.24) is 0 Å². The fourth-order valence-corrected chi connectivity index (χ4v) is 29.3. The molecule has 0 spiro atoms. The van der Waals surface area contributed by atoms with E-state index in [1.54, 1.807) is 17.7 Å². The first kappa shape index (κ1) is 38.2. The topological polar surface area (TPSA) is 0 Å². The Labute approximate surface area is 310 Å². The minimum absolute atomic E-state index is 0. The van der Waals surface area contributed by atoms with Crippen molar-refractivity contribution in [3.8, 4) is 11.1 Å². The van der Waals surface area contributed by atoms with E-state index in [0.29, 0.717) is 5.92 Å². The normalized spacial score (nSPS) is 20.2. The Hall–Kier alpha value is -2.05. The molecule has 4 aliphatic carbocycles. The molecule has 0 fully saturated rings. The van der Waals surface area contributed by atoms with Gasteiger partial charge in [0, 0.05) is 0 Å². The standard InChI is InChI=1S/C25H25.C12H19.C7H7.CH3.CH2.2ClH.Zr/c1-14-12-24(3,4)22-8-16-7-17-9-23-19(15(2)13-25(23,5)6)11-21(17)20(16)10-18(14)22;1-6-10-7-9(2)8-11(10)12(3,4)5;1-7-5-3-2-4-6-7;;;;;/h8-12H,7H2,1-6H3;8-9H,6H2,1-5H3;3-6H,1H3;1H3;1H2;2*1H;. The Morgan fingerprint density at radius 2 is 1.37 bits per heavy atom. The number of benzene rings is 3. The Kier molecular flexibility index (Phi) is 9.15. The summed E-state index contributed by atoms with van der Waals surface area (Å²) in [5.41, 5.74) is 19.2. The molecule has 4 aliphatic rings. The van der Waals surface area contributed by atoms with Crippen molar-refractivity contribution in [3.05, 3.63) is 117 Å². The zero-order chi connectivity index (χ0) is 34.2. The van der Waals surface area contributed by atoms with Gasteiger partial charge in [-0.15, -0.1) is 24.8 Å². The molecule has 0 saturated heterocycles. The van der Waals surface area contributed by atoms with E-state index in [1.807, 2.05) is 0 Å². The van der Waals surface area contributed by atoms with Crippen molar-refractivity contribution < 1.29 is 18.3 Å². The maximum atomic E-state index is 5.69. The summed E-state index contributed by atoms with van der Waals surface area (Å²) in [5.74, 6) is 0.382. The summed E-state index contributed by atoms with van der Waals surface area (Å²) in [4.78, 5) is 0. The Morgan fingerprint density at radius 1 is 0.816 bits per heavy atom. The third-order valence-electron chi connectivity index (χ3n) is 12.9. The van der Waals surface area contributed by atoms with Crippen molar-refractivity contribution in [1.29, 1.82) is 0 Å². The molecule has 3 aromatic rings. The van der Waals surface area contributed by atoms with Gasteiger partial charge < -0.3 is 0 Å². The second-order valence-corrected chi connectivity index (χ2v) is 32.0. The third kappa shape index (κ3) is 5.18. The van der Waals surface area contributed by atoms with Crippen LogP contribution in [0.3, 0.4) is 0 Å². The zero-order valence-electron chi connectivity index (χ0n) is 32.3. The summed E-state index contributed by atoms with van der Waals surface area (Å²) in [5, 5.41) is 0. The van der Waals surface area contributed by atoms with Gasteiger partial charge >= 0.3 is 288 Å². The first-order valence-electron chi connectivity index (χ1n) is 18.1. The quantitative estimate of drug-likeness (QED) is 0.194. The van der Waals surface area contributed by atoms with Gasteiger partial charge in [-0.1, -0.05) is 0 Å². The molecule has 49 heavy (non-hydrogen) atoms. The van der Waals surface area contributed by atoms with Gasteiger partial charge in [-0.05, 0) is 0 Å². The van der Waals surface area contributed by atoms with Gasteiger partial charge in [-0.2, -0.15) is 0 Å². The van der Waals surface area contributed by atoms with Crippen molar-refractivity contribution >= 4 is 43.4 Å². The van der Waals surface area contributed by atoms with E-state index < -0.39 is 18.3 Å². The molecule has 0 radical (unpaired) electrons. The van der Waals surface area contributed by atoms with Gasteiger partial charge in [0.1, 0.15) is 0 Å². The third-order valence-corrected chi connectivity index (χ3v) is 28.7. The number of allylic oxidation sites excluding steroid dienone is 8. The van der Waals surface area contributed by atoms with Crippen LogP contribution in [0.25, 0.3) is 22.3 Å². The van der Waals surface area contributed by atoms with Crippen LogP contribution < -0.4 is 3.27 Å². The molecule has 3 heteroatoms. The molecule has 1 unspecified atom stereocenters. The van der Waals surface area contributed by atoms with E-state index in [9.17, 15) is 0 Å². The fourth-order valence-electron chi connectivity index (χ4n) is 11.2. The first-order chi connectivity index (χ1) is 21.7. The summed E-state index contributed by atoms with van der Waals surface area (Å²) in [6.45, 7) is 28.8. The summed E-state index contributed by atoms with van der Waals surface area (Å²) >= 11 is -4.47. The van der Waals surface area contributed by atoms with Crippen LogP contribution in [0.4, 0.5) is 0 Å². The monoisotopic (exact) mass is 770 g/mol. The minimum atomic E-state index is -4.47. The SMILES string of the molecule is Cl.Cl.[CH2]=[Zr]([CH3])([C]1=C(CC)C(C(C)(C)C)=CC1C)([C]1=C(C)c2cc3c(cc2C1(C)C)Cc1cc2c(cc1-3)C(C)=CC2(C)C)[c]1ccc(C)cc1. The van der Waals surface area contributed by atoms with Crippen LogP contribution in [0.1, 0.15) is 122 Å². The van der Waals surface area contributed by atoms with Gasteiger partial charge in [0.15, 0.2) is 0 Å². The number of fused-ring (bicyclic) bond motifs is 5. The molecule has 7 rings (SSSR count). The molecule has 0 amide bonds. The van der Waals surface area contributed by atoms with Crippen LogP contribution in [-0.4, -0.2) is 4.21 Å². The summed E-state index contributed by atoms with van der Waals surface area (Å²) in [7, 11) is 0. The van der Waals surface area contributed by atoms with E-state index in [0.717, 1.165) is 12.8 Å². The van der Waals surface area contributed by atoms with Crippen LogP contribution >= 0.6 is 24.8 Å². The van der Waals surface area contributed by atoms with Crippen LogP contribution in [0, 0.1) is 18.3 Å². The molecule has 0 aromatic heterocycles. The van der Waals surface area contributed by atoms with Crippen LogP contribution in [0.5, 0.6) is 0 Å². The van der Waals surface area contributed by atoms with Gasteiger partial charge in [-0.3, -0.25) is 0 Å². The van der Waals surface area contributed by atoms with Gasteiger partial charge in [0.25, 0.3) is 0 Å². The molecular weight excluding hydrogens is 715 g/mol. The fraction of sp³-hybridized carbons (Fsp3) is 0.413. The molecule has 260 valence electrons. The zero-order valence-corrected chi connectivity index (χ0v) is 36.4. The van der Waals surface area contributed by atoms with Crippen LogP contribution in [0.2, 0.25) is 4.63 Å². The average Bonchev–Trinajstić information content (AvgIpc) is 3.64. The Balaban J connectivity index is 0.00000234. The summed E-state index contributed by atoms with van der Waals surface area (Å²) in [6.07, 6.45) is 7.14. The summed E-state index contributed by atoms with van der Waals surface area (Å²) in [6, 6.07) is 19.8. The maximum absolute atomic E-state index is 5.69. The van der Waals surface area contributed by atoms with Gasteiger partial charge in [0.2, 0.25) is 0 Å². The molecule has 0 saturated carbocycles. The van der Waals surface area contributed by atoms with Crippen molar-refractivity contribution in [3.63, 3.8) is 0 Å². The van der Waals surface area contributed by atoms with Crippen molar-refractivity contribution in [2.75, 3.05) is 0 Å². The van der Waals surface area contributed by atoms with Crippen molar-refractivity contribution in [2.45, 2.75) is 111 Å². The van der Waals surface area contributed by atoms with Crippen LogP contribution in [0.15, 0.2) is 78.4 Å². The number of rotatable bonds is 4. The molecule has 0 heterocycles. The number of hydrogen-bond acceptors (Lipinski definition) is 0. The molecule has 0 N–H and O–H groups in total. The second kappa shape index (κ2) is 11.7. The van der Waals surface area contributed by atoms with E-state index in [1.165, 1.54) is 64.5 Å². The van der Waals surface area contributed by atoms with E-state index in [4.69, 9.17) is 4.21 Å². The second-order valence-electron chi connectivity index (χ2n) is 18.2.